The Morgan fingerprint density at radius 1 is 1.53 bits per heavy atom. The molecule has 1 aliphatic rings. The lowest BCUT2D eigenvalue weighted by Crippen LogP contribution is -2.36. The molecule has 1 heterocycles. The highest BCUT2D eigenvalue weighted by Gasteiger charge is 2.24. The van der Waals surface area contributed by atoms with Gasteiger partial charge in [-0.25, -0.2) is 0 Å². The van der Waals surface area contributed by atoms with Crippen LogP contribution in [0.4, 0.5) is 0 Å². The number of benzene rings is 1. The Bertz CT molecular complexity index is 355. The SMILES string of the molecule is CNC(CSc1ccccc1Cl)C1CCOC1. The second kappa shape index (κ2) is 6.64. The number of nitrogens with one attached hydrogen (secondary N) is 1. The molecule has 17 heavy (non-hydrogen) atoms. The van der Waals surface area contributed by atoms with Crippen LogP contribution in [0.15, 0.2) is 29.2 Å². The van der Waals surface area contributed by atoms with Gasteiger partial charge in [-0.2, -0.15) is 0 Å². The maximum Gasteiger partial charge on any atom is 0.0541 e. The van der Waals surface area contributed by atoms with E-state index in [1.807, 2.05) is 37.0 Å². The molecule has 2 unspecified atom stereocenters. The third-order valence-electron chi connectivity index (χ3n) is 3.16. The number of rotatable bonds is 5. The largest absolute Gasteiger partial charge is 0.381 e. The fraction of sp³-hybridized carbons (Fsp3) is 0.538. The van der Waals surface area contributed by atoms with Gasteiger partial charge in [0, 0.05) is 29.2 Å². The van der Waals surface area contributed by atoms with Crippen LogP contribution in [-0.2, 0) is 4.74 Å². The minimum absolute atomic E-state index is 0.499. The first-order valence-electron chi connectivity index (χ1n) is 5.93. The third kappa shape index (κ3) is 3.62. The van der Waals surface area contributed by atoms with E-state index in [0.717, 1.165) is 35.3 Å². The monoisotopic (exact) mass is 271 g/mol. The molecule has 0 radical (unpaired) electrons. The van der Waals surface area contributed by atoms with E-state index >= 15 is 0 Å². The smallest absolute Gasteiger partial charge is 0.0541 e. The van der Waals surface area contributed by atoms with Crippen molar-refractivity contribution in [3.8, 4) is 0 Å². The van der Waals surface area contributed by atoms with Gasteiger partial charge in [-0.05, 0) is 25.6 Å². The van der Waals surface area contributed by atoms with E-state index in [2.05, 4.69) is 11.4 Å². The van der Waals surface area contributed by atoms with Crippen molar-refractivity contribution in [3.63, 3.8) is 0 Å². The highest BCUT2D eigenvalue weighted by molar-refractivity contribution is 7.99. The average Bonchev–Trinajstić information content (AvgIpc) is 2.86. The normalized spacial score (nSPS) is 21.6. The predicted octanol–water partition coefficient (Wildman–Crippen LogP) is 3.06. The molecule has 1 N–H and O–H groups in total. The van der Waals surface area contributed by atoms with E-state index in [-0.39, 0.29) is 0 Å². The van der Waals surface area contributed by atoms with Crippen LogP contribution in [0.5, 0.6) is 0 Å². The van der Waals surface area contributed by atoms with Crippen LogP contribution in [0, 0.1) is 5.92 Å². The maximum atomic E-state index is 6.14. The van der Waals surface area contributed by atoms with Gasteiger partial charge in [0.2, 0.25) is 0 Å². The first-order valence-corrected chi connectivity index (χ1v) is 7.30. The predicted molar refractivity (Wildman–Crippen MR) is 73.9 cm³/mol. The van der Waals surface area contributed by atoms with Crippen molar-refractivity contribution in [2.24, 2.45) is 5.92 Å². The van der Waals surface area contributed by atoms with E-state index in [1.54, 1.807) is 0 Å². The van der Waals surface area contributed by atoms with Crippen LogP contribution in [0.1, 0.15) is 6.42 Å². The molecule has 2 rings (SSSR count). The molecule has 0 amide bonds. The Labute approximate surface area is 112 Å². The molecule has 2 atom stereocenters. The number of halogens is 1. The summed E-state index contributed by atoms with van der Waals surface area (Å²) < 4.78 is 5.44. The van der Waals surface area contributed by atoms with E-state index in [1.165, 1.54) is 0 Å². The highest BCUT2D eigenvalue weighted by atomic mass is 35.5. The van der Waals surface area contributed by atoms with Gasteiger partial charge in [-0.15, -0.1) is 11.8 Å². The van der Waals surface area contributed by atoms with Crippen LogP contribution >= 0.6 is 23.4 Å². The Kier molecular flexibility index (Phi) is 5.16. The van der Waals surface area contributed by atoms with Gasteiger partial charge in [0.1, 0.15) is 0 Å². The number of ether oxygens (including phenoxy) is 1. The fourth-order valence-electron chi connectivity index (χ4n) is 2.07. The van der Waals surface area contributed by atoms with Crippen molar-refractivity contribution in [1.82, 2.24) is 5.32 Å². The summed E-state index contributed by atoms with van der Waals surface area (Å²) in [4.78, 5) is 1.16. The minimum Gasteiger partial charge on any atom is -0.381 e. The molecule has 2 nitrogen and oxygen atoms in total. The Morgan fingerprint density at radius 2 is 2.35 bits per heavy atom. The summed E-state index contributed by atoms with van der Waals surface area (Å²) in [6, 6.07) is 8.51. The van der Waals surface area contributed by atoms with Crippen molar-refractivity contribution in [2.45, 2.75) is 17.4 Å². The van der Waals surface area contributed by atoms with E-state index < -0.39 is 0 Å². The quantitative estimate of drug-likeness (QED) is 0.832. The lowest BCUT2D eigenvalue weighted by molar-refractivity contribution is 0.180. The summed E-state index contributed by atoms with van der Waals surface area (Å²) in [5.74, 6) is 1.67. The molecule has 1 fully saturated rings. The zero-order chi connectivity index (χ0) is 12.1. The summed E-state index contributed by atoms with van der Waals surface area (Å²) in [7, 11) is 2.02. The zero-order valence-electron chi connectivity index (χ0n) is 9.99. The van der Waals surface area contributed by atoms with Crippen molar-refractivity contribution >= 4 is 23.4 Å². The third-order valence-corrected chi connectivity index (χ3v) is 4.79. The first-order chi connectivity index (χ1) is 8.31. The maximum absolute atomic E-state index is 6.14. The Hall–Kier alpha value is -0.220. The molecule has 1 aromatic carbocycles. The number of hydrogen-bond acceptors (Lipinski definition) is 3. The van der Waals surface area contributed by atoms with Gasteiger partial charge in [0.15, 0.2) is 0 Å². The van der Waals surface area contributed by atoms with Crippen LogP contribution in [-0.4, -0.2) is 32.1 Å². The Morgan fingerprint density at radius 3 is 3.00 bits per heavy atom. The molecule has 0 spiro atoms. The average molecular weight is 272 g/mol. The molecule has 0 bridgehead atoms. The molecule has 0 saturated carbocycles. The second-order valence-electron chi connectivity index (χ2n) is 4.26. The van der Waals surface area contributed by atoms with Crippen LogP contribution in [0.25, 0.3) is 0 Å². The molecule has 0 aromatic heterocycles. The van der Waals surface area contributed by atoms with Crippen LogP contribution in [0.3, 0.4) is 0 Å². The van der Waals surface area contributed by atoms with Crippen LogP contribution in [0.2, 0.25) is 5.02 Å². The lowest BCUT2D eigenvalue weighted by Gasteiger charge is -2.21. The standard InChI is InChI=1S/C13H18ClNOS/c1-15-12(10-6-7-16-8-10)9-17-13-5-3-2-4-11(13)14/h2-5,10,12,15H,6-9H2,1H3. The van der Waals surface area contributed by atoms with Gasteiger partial charge in [0.05, 0.1) is 11.6 Å². The van der Waals surface area contributed by atoms with Crippen molar-refractivity contribution < 1.29 is 4.74 Å². The van der Waals surface area contributed by atoms with Gasteiger partial charge >= 0.3 is 0 Å². The van der Waals surface area contributed by atoms with E-state index in [4.69, 9.17) is 16.3 Å². The van der Waals surface area contributed by atoms with Crippen molar-refractivity contribution in [1.29, 1.82) is 0 Å². The van der Waals surface area contributed by atoms with Crippen molar-refractivity contribution in [3.05, 3.63) is 29.3 Å². The van der Waals surface area contributed by atoms with Crippen LogP contribution < -0.4 is 5.32 Å². The van der Waals surface area contributed by atoms with Gasteiger partial charge in [-0.1, -0.05) is 23.7 Å². The summed E-state index contributed by atoms with van der Waals surface area (Å²) in [6.07, 6.45) is 1.16. The minimum atomic E-state index is 0.499. The molecule has 1 aromatic rings. The van der Waals surface area contributed by atoms with E-state index in [0.29, 0.717) is 12.0 Å². The van der Waals surface area contributed by atoms with Gasteiger partial charge in [-0.3, -0.25) is 0 Å². The zero-order valence-corrected chi connectivity index (χ0v) is 11.6. The number of hydrogen-bond donors (Lipinski definition) is 1. The second-order valence-corrected chi connectivity index (χ2v) is 5.73. The summed E-state index contributed by atoms with van der Waals surface area (Å²) >= 11 is 7.96. The molecule has 4 heteroatoms. The van der Waals surface area contributed by atoms with Gasteiger partial charge < -0.3 is 10.1 Å². The summed E-state index contributed by atoms with van der Waals surface area (Å²) in [5, 5.41) is 4.23. The first kappa shape index (κ1) is 13.2. The lowest BCUT2D eigenvalue weighted by atomic mass is 10.0. The topological polar surface area (TPSA) is 21.3 Å². The molecule has 0 aliphatic carbocycles. The summed E-state index contributed by atoms with van der Waals surface area (Å²) in [6.45, 7) is 1.79. The highest BCUT2D eigenvalue weighted by Crippen LogP contribution is 2.29. The molecular weight excluding hydrogens is 254 g/mol. The van der Waals surface area contributed by atoms with E-state index in [9.17, 15) is 0 Å². The Balaban J connectivity index is 1.89. The molecule has 94 valence electrons. The van der Waals surface area contributed by atoms with Crippen molar-refractivity contribution in [2.75, 3.05) is 26.0 Å². The number of thioether (sulfide) groups is 1. The molecule has 1 saturated heterocycles. The molecule has 1 aliphatic heterocycles. The fourth-order valence-corrected chi connectivity index (χ4v) is 3.54. The van der Waals surface area contributed by atoms with Gasteiger partial charge in [0.25, 0.3) is 0 Å². The summed E-state index contributed by atoms with van der Waals surface area (Å²) in [5.41, 5.74) is 0. The molecular formula is C13H18ClNOS.